The van der Waals surface area contributed by atoms with Crippen molar-refractivity contribution in [2.75, 3.05) is 0 Å². The number of rotatable bonds is 2. The van der Waals surface area contributed by atoms with Crippen LogP contribution in [0.5, 0.6) is 0 Å². The van der Waals surface area contributed by atoms with Gasteiger partial charge in [-0.2, -0.15) is 0 Å². The number of hydrogen-bond donors (Lipinski definition) is 1. The van der Waals surface area contributed by atoms with Crippen LogP contribution in [0.15, 0.2) is 18.2 Å². The highest BCUT2D eigenvalue weighted by molar-refractivity contribution is 9.09. The average Bonchev–Trinajstić information content (AvgIpc) is 2.58. The zero-order valence-corrected chi connectivity index (χ0v) is 12.8. The Morgan fingerprint density at radius 2 is 2.05 bits per heavy atom. The molecule has 1 aliphatic rings. The molecule has 0 saturated heterocycles. The van der Waals surface area contributed by atoms with Crippen molar-refractivity contribution in [1.29, 1.82) is 0 Å². The Morgan fingerprint density at radius 1 is 1.32 bits per heavy atom. The molecule has 2 unspecified atom stereocenters. The number of hydrogen-bond acceptors (Lipinski definition) is 1. The maximum Gasteiger partial charge on any atom is 0.254 e. The minimum atomic E-state index is -0.651. The maximum absolute atomic E-state index is 13.8. The van der Waals surface area contributed by atoms with Crippen LogP contribution in [0.1, 0.15) is 42.5 Å². The third kappa shape index (κ3) is 3.69. The lowest BCUT2D eigenvalue weighted by Crippen LogP contribution is -2.40. The Bertz CT molecular complexity index is 469. The molecule has 0 bridgehead atoms. The lowest BCUT2D eigenvalue weighted by Gasteiger charge is -2.21. The molecule has 1 amide bonds. The quantitative estimate of drug-likeness (QED) is 0.626. The second kappa shape index (κ2) is 6.71. The van der Waals surface area contributed by atoms with Gasteiger partial charge in [-0.15, -0.1) is 0 Å². The second-order valence-corrected chi connectivity index (χ2v) is 6.42. The fraction of sp³-hybridized carbons (Fsp3) is 0.500. The van der Waals surface area contributed by atoms with Crippen molar-refractivity contribution in [2.24, 2.45) is 0 Å². The summed E-state index contributed by atoms with van der Waals surface area (Å²) in [6.45, 7) is 0. The summed E-state index contributed by atoms with van der Waals surface area (Å²) < 4.78 is 13.8. The lowest BCUT2D eigenvalue weighted by atomic mass is 10.1. The summed E-state index contributed by atoms with van der Waals surface area (Å²) in [7, 11) is 0. The van der Waals surface area contributed by atoms with Gasteiger partial charge in [0, 0.05) is 10.9 Å². The Kier molecular flexibility index (Phi) is 5.22. The van der Waals surface area contributed by atoms with Gasteiger partial charge in [0.2, 0.25) is 0 Å². The molecule has 1 saturated carbocycles. The molecule has 2 rings (SSSR count). The monoisotopic (exact) mass is 347 g/mol. The van der Waals surface area contributed by atoms with E-state index in [1.54, 1.807) is 6.07 Å². The molecule has 1 aromatic rings. The molecule has 2 atom stereocenters. The van der Waals surface area contributed by atoms with Crippen LogP contribution in [-0.4, -0.2) is 16.8 Å². The Labute approximate surface area is 125 Å². The highest BCUT2D eigenvalue weighted by atomic mass is 79.9. The predicted octanol–water partition coefficient (Wildman–Crippen LogP) is 4.31. The molecule has 19 heavy (non-hydrogen) atoms. The molecule has 0 radical (unpaired) electrons. The van der Waals surface area contributed by atoms with Gasteiger partial charge in [-0.25, -0.2) is 4.39 Å². The average molecular weight is 349 g/mol. The predicted molar refractivity (Wildman–Crippen MR) is 78.5 cm³/mol. The van der Waals surface area contributed by atoms with E-state index < -0.39 is 11.7 Å². The SMILES string of the molecule is O=C(NC1CCCCCC1Br)c1cccc(Cl)c1F. The summed E-state index contributed by atoms with van der Waals surface area (Å²) in [6.07, 6.45) is 5.38. The molecule has 1 aromatic carbocycles. The van der Waals surface area contributed by atoms with Crippen LogP contribution in [0.25, 0.3) is 0 Å². The van der Waals surface area contributed by atoms with Crippen molar-refractivity contribution in [1.82, 2.24) is 5.32 Å². The molecule has 1 aliphatic carbocycles. The lowest BCUT2D eigenvalue weighted by molar-refractivity contribution is 0.0931. The third-order valence-corrected chi connectivity index (χ3v) is 4.83. The molecule has 0 spiro atoms. The maximum atomic E-state index is 13.8. The van der Waals surface area contributed by atoms with E-state index in [1.807, 2.05) is 0 Å². The molecule has 0 aliphatic heterocycles. The van der Waals surface area contributed by atoms with E-state index in [0.717, 1.165) is 25.7 Å². The first kappa shape index (κ1) is 14.8. The van der Waals surface area contributed by atoms with E-state index in [0.29, 0.717) is 0 Å². The summed E-state index contributed by atoms with van der Waals surface area (Å²) in [5.74, 6) is -1.04. The highest BCUT2D eigenvalue weighted by Gasteiger charge is 2.24. The number of carbonyl (C=O) groups excluding carboxylic acids is 1. The van der Waals surface area contributed by atoms with Gasteiger partial charge in [0.05, 0.1) is 10.6 Å². The molecular weight excluding hydrogens is 333 g/mol. The fourth-order valence-electron chi connectivity index (χ4n) is 2.35. The summed E-state index contributed by atoms with van der Waals surface area (Å²) in [5.41, 5.74) is 0.0106. The van der Waals surface area contributed by atoms with Gasteiger partial charge in [0.15, 0.2) is 5.82 Å². The van der Waals surface area contributed by atoms with Crippen molar-refractivity contribution in [3.63, 3.8) is 0 Å². The van der Waals surface area contributed by atoms with Gasteiger partial charge < -0.3 is 5.32 Å². The zero-order chi connectivity index (χ0) is 13.8. The molecule has 1 fully saturated rings. The van der Waals surface area contributed by atoms with Crippen LogP contribution in [0.2, 0.25) is 5.02 Å². The number of halogens is 3. The zero-order valence-electron chi connectivity index (χ0n) is 10.5. The van der Waals surface area contributed by atoms with Crippen LogP contribution in [0, 0.1) is 5.82 Å². The van der Waals surface area contributed by atoms with Gasteiger partial charge in [0.25, 0.3) is 5.91 Å². The van der Waals surface area contributed by atoms with Gasteiger partial charge in [-0.05, 0) is 25.0 Å². The van der Waals surface area contributed by atoms with E-state index in [1.165, 1.54) is 18.6 Å². The molecule has 2 nitrogen and oxygen atoms in total. The van der Waals surface area contributed by atoms with E-state index in [-0.39, 0.29) is 21.5 Å². The Balaban J connectivity index is 2.09. The van der Waals surface area contributed by atoms with Crippen molar-refractivity contribution in [3.8, 4) is 0 Å². The molecule has 5 heteroatoms. The number of carbonyl (C=O) groups is 1. The summed E-state index contributed by atoms with van der Waals surface area (Å²) in [5, 5.41) is 2.88. The van der Waals surface area contributed by atoms with Gasteiger partial charge >= 0.3 is 0 Å². The second-order valence-electron chi connectivity index (χ2n) is 4.84. The van der Waals surface area contributed by atoms with Crippen LogP contribution >= 0.6 is 27.5 Å². The van der Waals surface area contributed by atoms with Crippen molar-refractivity contribution in [2.45, 2.75) is 43.0 Å². The summed E-state index contributed by atoms with van der Waals surface area (Å²) in [6, 6.07) is 4.52. The minimum Gasteiger partial charge on any atom is -0.348 e. The van der Waals surface area contributed by atoms with E-state index in [2.05, 4.69) is 21.2 Å². The standard InChI is InChI=1S/C14H16BrClFNO/c15-10-6-2-1-3-8-12(10)18-14(19)9-5-4-7-11(16)13(9)17/h4-5,7,10,12H,1-3,6,8H2,(H,18,19). The largest absolute Gasteiger partial charge is 0.348 e. The number of amides is 1. The molecule has 0 aromatic heterocycles. The van der Waals surface area contributed by atoms with Crippen molar-refractivity contribution in [3.05, 3.63) is 34.6 Å². The van der Waals surface area contributed by atoms with Crippen LogP contribution in [0.3, 0.4) is 0 Å². The van der Waals surface area contributed by atoms with E-state index >= 15 is 0 Å². The van der Waals surface area contributed by atoms with Crippen LogP contribution in [-0.2, 0) is 0 Å². The molecule has 0 heterocycles. The van der Waals surface area contributed by atoms with E-state index in [4.69, 9.17) is 11.6 Å². The smallest absolute Gasteiger partial charge is 0.254 e. The number of alkyl halides is 1. The van der Waals surface area contributed by atoms with Crippen LogP contribution < -0.4 is 5.32 Å². The Hall–Kier alpha value is -0.610. The molecule has 1 N–H and O–H groups in total. The summed E-state index contributed by atoms with van der Waals surface area (Å²) in [4.78, 5) is 12.4. The third-order valence-electron chi connectivity index (χ3n) is 3.44. The highest BCUT2D eigenvalue weighted by Crippen LogP contribution is 2.24. The first-order chi connectivity index (χ1) is 9.09. The minimum absolute atomic E-state index is 0.0106. The number of benzene rings is 1. The van der Waals surface area contributed by atoms with Gasteiger partial charge in [-0.1, -0.05) is 52.9 Å². The van der Waals surface area contributed by atoms with Gasteiger partial charge in [-0.3, -0.25) is 4.79 Å². The topological polar surface area (TPSA) is 29.1 Å². The van der Waals surface area contributed by atoms with Crippen molar-refractivity contribution >= 4 is 33.4 Å². The molecular formula is C14H16BrClFNO. The van der Waals surface area contributed by atoms with Gasteiger partial charge in [0.1, 0.15) is 0 Å². The van der Waals surface area contributed by atoms with E-state index in [9.17, 15) is 9.18 Å². The fourth-order valence-corrected chi connectivity index (χ4v) is 3.25. The summed E-state index contributed by atoms with van der Waals surface area (Å²) >= 11 is 9.30. The first-order valence-electron chi connectivity index (χ1n) is 6.48. The first-order valence-corrected chi connectivity index (χ1v) is 7.78. The normalized spacial score (nSPS) is 23.7. The van der Waals surface area contributed by atoms with Crippen molar-refractivity contribution < 1.29 is 9.18 Å². The molecule has 104 valence electrons. The van der Waals surface area contributed by atoms with Crippen LogP contribution in [0.4, 0.5) is 4.39 Å². The number of nitrogens with one attached hydrogen (secondary N) is 1. The Morgan fingerprint density at radius 3 is 2.84 bits per heavy atom.